The van der Waals surface area contributed by atoms with E-state index in [0.717, 1.165) is 16.7 Å². The fourth-order valence-corrected chi connectivity index (χ4v) is 2.94. The summed E-state index contributed by atoms with van der Waals surface area (Å²) in [7, 11) is 1.63. The monoisotopic (exact) mass is 368 g/mol. The van der Waals surface area contributed by atoms with E-state index in [0.29, 0.717) is 29.5 Å². The van der Waals surface area contributed by atoms with Crippen LogP contribution < -0.4 is 15.2 Å². The minimum absolute atomic E-state index is 0.0964. The highest BCUT2D eigenvalue weighted by atomic mass is 35.5. The number of pyridine rings is 1. The number of nitrogens with zero attached hydrogens (tertiary/aromatic N) is 1. The van der Waals surface area contributed by atoms with Crippen molar-refractivity contribution >= 4 is 11.6 Å². The first-order valence-corrected chi connectivity index (χ1v) is 8.73. The normalized spacial score (nSPS) is 11.8. The van der Waals surface area contributed by atoms with Gasteiger partial charge in [-0.25, -0.2) is 0 Å². The maximum Gasteiger partial charge on any atom is 0.161 e. The predicted octanol–water partition coefficient (Wildman–Crippen LogP) is 4.57. The topological polar surface area (TPSA) is 57.4 Å². The van der Waals surface area contributed by atoms with Crippen molar-refractivity contribution in [1.82, 2.24) is 4.98 Å². The molecule has 134 valence electrons. The molecule has 26 heavy (non-hydrogen) atoms. The molecule has 1 aromatic heterocycles. The standard InChI is InChI=1S/C21H21ClN2O2/c1-25-21-13-15(12-19(23)17-7-9-24-10-8-17)5-6-20(21)26-14-16-3-2-4-18(22)11-16/h2-11,13,19H,12,14,23H2,1H3. The lowest BCUT2D eigenvalue weighted by molar-refractivity contribution is 0.284. The molecule has 0 amide bonds. The number of rotatable bonds is 7. The second-order valence-corrected chi connectivity index (χ2v) is 6.43. The van der Waals surface area contributed by atoms with Crippen LogP contribution in [-0.2, 0) is 13.0 Å². The van der Waals surface area contributed by atoms with Crippen LogP contribution in [0.2, 0.25) is 5.02 Å². The molecule has 2 N–H and O–H groups in total. The Labute approximate surface area is 158 Å². The van der Waals surface area contributed by atoms with Gasteiger partial charge in [-0.05, 0) is 59.5 Å². The minimum atomic E-state index is -0.0964. The maximum absolute atomic E-state index is 6.29. The molecule has 3 aromatic rings. The fraction of sp³-hybridized carbons (Fsp3) is 0.190. The molecule has 5 heteroatoms. The quantitative estimate of drug-likeness (QED) is 0.664. The van der Waals surface area contributed by atoms with Gasteiger partial charge in [0.25, 0.3) is 0 Å². The number of nitrogens with two attached hydrogens (primary N) is 1. The van der Waals surface area contributed by atoms with Crippen LogP contribution in [0.5, 0.6) is 11.5 Å². The number of ether oxygens (including phenoxy) is 2. The van der Waals surface area contributed by atoms with Crippen LogP contribution in [0.1, 0.15) is 22.7 Å². The van der Waals surface area contributed by atoms with Gasteiger partial charge < -0.3 is 15.2 Å². The number of hydrogen-bond acceptors (Lipinski definition) is 4. The van der Waals surface area contributed by atoms with E-state index >= 15 is 0 Å². The molecule has 0 aliphatic rings. The third kappa shape index (κ3) is 4.75. The van der Waals surface area contributed by atoms with Crippen molar-refractivity contribution < 1.29 is 9.47 Å². The molecule has 0 spiro atoms. The van der Waals surface area contributed by atoms with Gasteiger partial charge in [0.1, 0.15) is 6.61 Å². The molecule has 0 saturated heterocycles. The molecule has 0 saturated carbocycles. The van der Waals surface area contributed by atoms with Gasteiger partial charge in [0.2, 0.25) is 0 Å². The Morgan fingerprint density at radius 3 is 2.54 bits per heavy atom. The van der Waals surface area contributed by atoms with Crippen LogP contribution in [-0.4, -0.2) is 12.1 Å². The average molecular weight is 369 g/mol. The van der Waals surface area contributed by atoms with Crippen molar-refractivity contribution in [3.63, 3.8) is 0 Å². The third-order valence-electron chi connectivity index (χ3n) is 4.10. The van der Waals surface area contributed by atoms with Crippen molar-refractivity contribution in [1.29, 1.82) is 0 Å². The summed E-state index contributed by atoms with van der Waals surface area (Å²) in [6.45, 7) is 0.423. The third-order valence-corrected chi connectivity index (χ3v) is 4.34. The summed E-state index contributed by atoms with van der Waals surface area (Å²) in [6.07, 6.45) is 4.21. The Hall–Kier alpha value is -2.56. The average Bonchev–Trinajstić information content (AvgIpc) is 2.67. The van der Waals surface area contributed by atoms with Gasteiger partial charge in [-0.3, -0.25) is 4.98 Å². The Morgan fingerprint density at radius 2 is 1.81 bits per heavy atom. The lowest BCUT2D eigenvalue weighted by Gasteiger charge is -2.15. The molecule has 1 unspecified atom stereocenters. The Morgan fingerprint density at radius 1 is 1.00 bits per heavy atom. The highest BCUT2D eigenvalue weighted by Gasteiger charge is 2.11. The summed E-state index contributed by atoms with van der Waals surface area (Å²) in [5.74, 6) is 1.38. The van der Waals surface area contributed by atoms with Crippen molar-refractivity contribution in [3.8, 4) is 11.5 Å². The van der Waals surface area contributed by atoms with Gasteiger partial charge in [-0.2, -0.15) is 0 Å². The second kappa shape index (κ2) is 8.70. The summed E-state index contributed by atoms with van der Waals surface area (Å²) in [4.78, 5) is 4.02. The van der Waals surface area contributed by atoms with Gasteiger partial charge in [0.15, 0.2) is 11.5 Å². The number of hydrogen-bond donors (Lipinski definition) is 1. The summed E-state index contributed by atoms with van der Waals surface area (Å²) in [5.41, 5.74) is 9.44. The van der Waals surface area contributed by atoms with Crippen molar-refractivity contribution in [2.75, 3.05) is 7.11 Å². The maximum atomic E-state index is 6.29. The van der Waals surface area contributed by atoms with E-state index in [-0.39, 0.29) is 6.04 Å². The molecule has 1 atom stereocenters. The van der Waals surface area contributed by atoms with E-state index in [1.807, 2.05) is 54.6 Å². The largest absolute Gasteiger partial charge is 0.493 e. The molecule has 0 fully saturated rings. The van der Waals surface area contributed by atoms with Crippen molar-refractivity contribution in [2.45, 2.75) is 19.1 Å². The predicted molar refractivity (Wildman–Crippen MR) is 104 cm³/mol. The lowest BCUT2D eigenvalue weighted by Crippen LogP contribution is -2.13. The zero-order valence-corrected chi connectivity index (χ0v) is 15.3. The molecule has 2 aromatic carbocycles. The molecular formula is C21H21ClN2O2. The number of aromatic nitrogens is 1. The van der Waals surface area contributed by atoms with Crippen LogP contribution in [0.3, 0.4) is 0 Å². The van der Waals surface area contributed by atoms with Crippen LogP contribution >= 0.6 is 11.6 Å². The molecule has 3 rings (SSSR count). The molecule has 4 nitrogen and oxygen atoms in total. The van der Waals surface area contributed by atoms with E-state index in [4.69, 9.17) is 26.8 Å². The summed E-state index contributed by atoms with van der Waals surface area (Å²) >= 11 is 6.01. The van der Waals surface area contributed by atoms with Crippen LogP contribution in [0.25, 0.3) is 0 Å². The molecular weight excluding hydrogens is 348 g/mol. The molecule has 0 aliphatic heterocycles. The van der Waals surface area contributed by atoms with E-state index in [1.54, 1.807) is 19.5 Å². The summed E-state index contributed by atoms with van der Waals surface area (Å²) < 4.78 is 11.4. The lowest BCUT2D eigenvalue weighted by atomic mass is 10.0. The van der Waals surface area contributed by atoms with Crippen molar-refractivity contribution in [3.05, 3.63) is 88.7 Å². The van der Waals surface area contributed by atoms with Gasteiger partial charge in [0.05, 0.1) is 7.11 Å². The minimum Gasteiger partial charge on any atom is -0.493 e. The smallest absolute Gasteiger partial charge is 0.161 e. The fourth-order valence-electron chi connectivity index (χ4n) is 2.73. The first-order chi connectivity index (χ1) is 12.7. The summed E-state index contributed by atoms with van der Waals surface area (Å²) in [6, 6.07) is 17.3. The Balaban J connectivity index is 1.69. The van der Waals surface area contributed by atoms with Gasteiger partial charge in [-0.15, -0.1) is 0 Å². The van der Waals surface area contributed by atoms with Gasteiger partial charge in [0, 0.05) is 23.5 Å². The van der Waals surface area contributed by atoms with E-state index < -0.39 is 0 Å². The summed E-state index contributed by atoms with van der Waals surface area (Å²) in [5, 5.41) is 0.693. The van der Waals surface area contributed by atoms with E-state index in [2.05, 4.69) is 4.98 Å². The molecule has 0 aliphatic carbocycles. The van der Waals surface area contributed by atoms with Crippen molar-refractivity contribution in [2.24, 2.45) is 5.73 Å². The first kappa shape index (κ1) is 18.2. The highest BCUT2D eigenvalue weighted by molar-refractivity contribution is 6.30. The van der Waals surface area contributed by atoms with Crippen LogP contribution in [0.4, 0.5) is 0 Å². The Kier molecular flexibility index (Phi) is 6.10. The second-order valence-electron chi connectivity index (χ2n) is 5.99. The SMILES string of the molecule is COc1cc(CC(N)c2ccncc2)ccc1OCc1cccc(Cl)c1. The molecule has 0 radical (unpaired) electrons. The Bertz CT molecular complexity index is 856. The van der Waals surface area contributed by atoms with Crippen LogP contribution in [0.15, 0.2) is 67.0 Å². The molecule has 0 bridgehead atoms. The molecule has 1 heterocycles. The van der Waals surface area contributed by atoms with E-state index in [9.17, 15) is 0 Å². The van der Waals surface area contributed by atoms with Gasteiger partial charge >= 0.3 is 0 Å². The highest BCUT2D eigenvalue weighted by Crippen LogP contribution is 2.30. The number of benzene rings is 2. The zero-order valence-electron chi connectivity index (χ0n) is 14.6. The van der Waals surface area contributed by atoms with Crippen LogP contribution in [0, 0.1) is 0 Å². The number of methoxy groups -OCH3 is 1. The van der Waals surface area contributed by atoms with E-state index in [1.165, 1.54) is 0 Å². The van der Waals surface area contributed by atoms with Gasteiger partial charge in [-0.1, -0.05) is 29.8 Å². The number of halogens is 1. The zero-order chi connectivity index (χ0) is 18.4. The first-order valence-electron chi connectivity index (χ1n) is 8.35.